The Kier molecular flexibility index (Phi) is 8.45. The van der Waals surface area contributed by atoms with Crippen LogP contribution in [0, 0.1) is 5.92 Å². The van der Waals surface area contributed by atoms with Gasteiger partial charge >= 0.3 is 6.09 Å². The van der Waals surface area contributed by atoms with Crippen LogP contribution in [0.15, 0.2) is 29.6 Å². The van der Waals surface area contributed by atoms with Gasteiger partial charge in [0.2, 0.25) is 5.91 Å². The van der Waals surface area contributed by atoms with E-state index in [9.17, 15) is 14.4 Å². The van der Waals surface area contributed by atoms with Crippen LogP contribution in [-0.2, 0) is 21.4 Å². The molecule has 2 fully saturated rings. The summed E-state index contributed by atoms with van der Waals surface area (Å²) < 4.78 is 21.8. The molecule has 2 amide bonds. The van der Waals surface area contributed by atoms with Gasteiger partial charge in [-0.05, 0) is 55.9 Å². The van der Waals surface area contributed by atoms with Crippen molar-refractivity contribution in [3.63, 3.8) is 0 Å². The van der Waals surface area contributed by atoms with Crippen molar-refractivity contribution in [3.8, 4) is 0 Å². The lowest BCUT2D eigenvalue weighted by molar-refractivity contribution is -0.122. The Hall–Kier alpha value is -3.43. The second-order valence-corrected chi connectivity index (χ2v) is 9.79. The Morgan fingerprint density at radius 2 is 1.92 bits per heavy atom. The number of allylic oxidation sites excluding steroid dienone is 1. The first kappa shape index (κ1) is 26.6. The Morgan fingerprint density at radius 3 is 2.54 bits per heavy atom. The molecule has 200 valence electrons. The van der Waals surface area contributed by atoms with Crippen molar-refractivity contribution in [2.75, 3.05) is 45.2 Å². The first-order valence-electron chi connectivity index (χ1n) is 12.9. The molecule has 0 aliphatic carbocycles. The van der Waals surface area contributed by atoms with Crippen molar-refractivity contribution in [2.24, 2.45) is 13.0 Å². The normalized spacial score (nSPS) is 17.6. The molecule has 1 aromatic heterocycles. The van der Waals surface area contributed by atoms with Gasteiger partial charge in [0, 0.05) is 63.7 Å². The number of nitrogens with one attached hydrogen (secondary N) is 1. The minimum Gasteiger partial charge on any atom is -0.453 e. The molecule has 0 saturated carbocycles. The van der Waals surface area contributed by atoms with E-state index in [1.807, 2.05) is 19.2 Å². The minimum atomic E-state index is -0.490. The van der Waals surface area contributed by atoms with E-state index in [0.29, 0.717) is 44.5 Å². The number of amides is 2. The number of aryl methyl sites for hydroxylation is 1. The van der Waals surface area contributed by atoms with Crippen LogP contribution in [-0.4, -0.2) is 73.3 Å². The van der Waals surface area contributed by atoms with Gasteiger partial charge in [-0.3, -0.25) is 9.48 Å². The number of benzene rings is 1. The Bertz CT molecular complexity index is 1170. The monoisotopic (exact) mass is 513 g/mol. The SMILES string of the molecule is CNC(=O)C(CCC=O)c1nn(C)c2cc(N3CCC(C(F)=C4CCN(C(=O)OC)CC4)CC3)ccc12. The number of ether oxygens (including phenoxy) is 1. The highest BCUT2D eigenvalue weighted by atomic mass is 19.1. The number of hydrogen-bond acceptors (Lipinski definition) is 6. The largest absolute Gasteiger partial charge is 0.453 e. The number of likely N-dealkylation sites (tertiary alicyclic amines) is 1. The molecule has 1 unspecified atom stereocenters. The summed E-state index contributed by atoms with van der Waals surface area (Å²) in [7, 11) is 4.81. The van der Waals surface area contributed by atoms with E-state index in [0.717, 1.165) is 54.4 Å². The zero-order valence-electron chi connectivity index (χ0n) is 21.8. The van der Waals surface area contributed by atoms with Crippen LogP contribution >= 0.6 is 0 Å². The Balaban J connectivity index is 1.44. The van der Waals surface area contributed by atoms with Crippen LogP contribution in [0.25, 0.3) is 10.9 Å². The topological polar surface area (TPSA) is 96.8 Å². The molecule has 37 heavy (non-hydrogen) atoms. The molecule has 9 nitrogen and oxygen atoms in total. The maximum atomic E-state index is 15.3. The molecule has 2 aliphatic heterocycles. The van der Waals surface area contributed by atoms with Gasteiger partial charge in [-0.1, -0.05) is 0 Å². The van der Waals surface area contributed by atoms with Crippen LogP contribution in [0.2, 0.25) is 0 Å². The van der Waals surface area contributed by atoms with Crippen LogP contribution in [0.1, 0.15) is 50.1 Å². The number of carbonyl (C=O) groups is 3. The minimum absolute atomic E-state index is 0.00598. The number of rotatable bonds is 7. The number of anilines is 1. The average molecular weight is 514 g/mol. The van der Waals surface area contributed by atoms with E-state index >= 15 is 4.39 Å². The standard InChI is InChI=1S/C27H36FN5O4/c1-29-26(35)22(5-4-16-34)25-21-7-6-20(17-23(21)31(2)30-25)32-12-8-18(9-13-32)24(28)19-10-14-33(15-11-19)27(36)37-3/h6-7,16-18,22H,4-5,8-15H2,1-3H3,(H,29,35). The number of fused-ring (bicyclic) bond motifs is 1. The molecular formula is C27H36FN5O4. The van der Waals surface area contributed by atoms with E-state index in [4.69, 9.17) is 4.74 Å². The van der Waals surface area contributed by atoms with Gasteiger partial charge in [0.15, 0.2) is 0 Å². The molecule has 0 bridgehead atoms. The zero-order valence-corrected chi connectivity index (χ0v) is 21.8. The van der Waals surface area contributed by atoms with E-state index < -0.39 is 5.92 Å². The molecule has 0 radical (unpaired) electrons. The maximum Gasteiger partial charge on any atom is 0.409 e. The first-order valence-corrected chi connectivity index (χ1v) is 12.9. The number of nitrogens with zero attached hydrogens (tertiary/aromatic N) is 4. The third-order valence-electron chi connectivity index (χ3n) is 7.69. The highest BCUT2D eigenvalue weighted by molar-refractivity contribution is 5.92. The highest BCUT2D eigenvalue weighted by Gasteiger charge is 2.29. The predicted octanol–water partition coefficient (Wildman–Crippen LogP) is 3.68. The van der Waals surface area contributed by atoms with Crippen LogP contribution in [0.5, 0.6) is 0 Å². The van der Waals surface area contributed by atoms with Gasteiger partial charge in [0.25, 0.3) is 0 Å². The van der Waals surface area contributed by atoms with E-state index in [-0.39, 0.29) is 23.7 Å². The molecule has 2 aromatic rings. The number of carbonyl (C=O) groups excluding carboxylic acids is 3. The second kappa shape index (κ2) is 11.7. The summed E-state index contributed by atoms with van der Waals surface area (Å²) in [5.74, 6) is -0.725. The third kappa shape index (κ3) is 5.62. The number of likely N-dealkylation sites (N-methyl/N-ethyl adjacent to an activating group) is 1. The lowest BCUT2D eigenvalue weighted by Crippen LogP contribution is -2.37. The van der Waals surface area contributed by atoms with Crippen molar-refractivity contribution in [1.82, 2.24) is 20.0 Å². The van der Waals surface area contributed by atoms with Crippen LogP contribution < -0.4 is 10.2 Å². The van der Waals surface area contributed by atoms with Gasteiger partial charge in [-0.25, -0.2) is 9.18 Å². The maximum absolute atomic E-state index is 15.3. The summed E-state index contributed by atoms with van der Waals surface area (Å²) >= 11 is 0. The number of methoxy groups -OCH3 is 1. The van der Waals surface area contributed by atoms with Crippen LogP contribution in [0.4, 0.5) is 14.9 Å². The summed E-state index contributed by atoms with van der Waals surface area (Å²) in [5.41, 5.74) is 3.48. The predicted molar refractivity (Wildman–Crippen MR) is 139 cm³/mol. The quantitative estimate of drug-likeness (QED) is 0.568. The lowest BCUT2D eigenvalue weighted by atomic mass is 9.90. The fourth-order valence-electron chi connectivity index (χ4n) is 5.54. The summed E-state index contributed by atoms with van der Waals surface area (Å²) in [6, 6.07) is 6.10. The summed E-state index contributed by atoms with van der Waals surface area (Å²) in [6.45, 7) is 2.49. The molecule has 3 heterocycles. The lowest BCUT2D eigenvalue weighted by Gasteiger charge is -2.34. The molecule has 1 N–H and O–H groups in total. The number of hydrogen-bond donors (Lipinski definition) is 1. The average Bonchev–Trinajstić information content (AvgIpc) is 3.27. The number of piperidine rings is 2. The molecule has 4 rings (SSSR count). The molecular weight excluding hydrogens is 477 g/mol. The molecule has 0 spiro atoms. The van der Waals surface area contributed by atoms with E-state index in [1.165, 1.54) is 7.11 Å². The fourth-order valence-corrected chi connectivity index (χ4v) is 5.54. The Morgan fingerprint density at radius 1 is 1.22 bits per heavy atom. The summed E-state index contributed by atoms with van der Waals surface area (Å²) in [5, 5.41) is 8.22. The smallest absolute Gasteiger partial charge is 0.409 e. The molecule has 2 saturated heterocycles. The third-order valence-corrected chi connectivity index (χ3v) is 7.69. The van der Waals surface area contributed by atoms with Crippen molar-refractivity contribution in [2.45, 2.75) is 44.4 Å². The Labute approximate surface area is 216 Å². The van der Waals surface area contributed by atoms with Crippen LogP contribution in [0.3, 0.4) is 0 Å². The second-order valence-electron chi connectivity index (χ2n) is 9.79. The van der Waals surface area contributed by atoms with Crippen molar-refractivity contribution in [1.29, 1.82) is 0 Å². The van der Waals surface area contributed by atoms with Gasteiger partial charge in [0.05, 0.1) is 24.2 Å². The fraction of sp³-hybridized carbons (Fsp3) is 0.556. The molecule has 2 aliphatic rings. The molecule has 10 heteroatoms. The number of halogens is 1. The molecule has 1 atom stereocenters. The number of aldehydes is 1. The van der Waals surface area contributed by atoms with Gasteiger partial charge < -0.3 is 24.6 Å². The molecule has 1 aromatic carbocycles. The van der Waals surface area contributed by atoms with E-state index in [2.05, 4.69) is 21.4 Å². The van der Waals surface area contributed by atoms with Crippen molar-refractivity contribution < 1.29 is 23.5 Å². The van der Waals surface area contributed by atoms with Crippen molar-refractivity contribution >= 4 is 34.9 Å². The number of aromatic nitrogens is 2. The van der Waals surface area contributed by atoms with Crippen molar-refractivity contribution in [3.05, 3.63) is 35.3 Å². The van der Waals surface area contributed by atoms with Gasteiger partial charge in [-0.2, -0.15) is 5.10 Å². The van der Waals surface area contributed by atoms with E-state index in [1.54, 1.807) is 16.6 Å². The summed E-state index contributed by atoms with van der Waals surface area (Å²) in [4.78, 5) is 39.0. The van der Waals surface area contributed by atoms with Gasteiger partial charge in [-0.15, -0.1) is 0 Å². The zero-order chi connectivity index (χ0) is 26.5. The highest BCUT2D eigenvalue weighted by Crippen LogP contribution is 2.35. The summed E-state index contributed by atoms with van der Waals surface area (Å²) in [6.07, 6.45) is 3.76. The van der Waals surface area contributed by atoms with Gasteiger partial charge in [0.1, 0.15) is 12.1 Å². The first-order chi connectivity index (χ1) is 17.9.